The Morgan fingerprint density at radius 1 is 1.31 bits per heavy atom. The number of halogens is 1. The Bertz CT molecular complexity index is 1620. The van der Waals surface area contributed by atoms with Crippen LogP contribution in [0.4, 0.5) is 21.6 Å². The normalized spacial score (nSPS) is 16.8. The average Bonchev–Trinajstić information content (AvgIpc) is 3.28. The van der Waals surface area contributed by atoms with Gasteiger partial charge in [0.25, 0.3) is 11.5 Å². The summed E-state index contributed by atoms with van der Waals surface area (Å²) in [4.78, 5) is 25.5. The van der Waals surface area contributed by atoms with Crippen LogP contribution in [-0.2, 0) is 11.8 Å². The van der Waals surface area contributed by atoms with E-state index in [1.165, 1.54) is 24.3 Å². The van der Waals surface area contributed by atoms with Crippen molar-refractivity contribution in [3.05, 3.63) is 74.5 Å². The van der Waals surface area contributed by atoms with Crippen molar-refractivity contribution in [1.82, 2.24) is 20.0 Å². The molecule has 0 saturated heterocycles. The van der Waals surface area contributed by atoms with Gasteiger partial charge in [0, 0.05) is 24.4 Å². The van der Waals surface area contributed by atoms with Crippen LogP contribution in [-0.4, -0.2) is 37.1 Å². The molecule has 0 fully saturated rings. The maximum atomic E-state index is 14.9. The molecule has 202 valence electrons. The Morgan fingerprint density at radius 3 is 2.62 bits per heavy atom. The molecule has 9 nitrogen and oxygen atoms in total. The zero-order valence-corrected chi connectivity index (χ0v) is 22.7. The fraction of sp³-hybridized carbons (Fsp3) is 0.310. The number of aliphatic hydroxyl groups excluding tert-OH is 1. The quantitative estimate of drug-likeness (QED) is 0.279. The van der Waals surface area contributed by atoms with Crippen LogP contribution in [0.2, 0.25) is 0 Å². The summed E-state index contributed by atoms with van der Waals surface area (Å²) in [5.41, 5.74) is 2.91. The van der Waals surface area contributed by atoms with E-state index in [4.69, 9.17) is 6.42 Å². The van der Waals surface area contributed by atoms with Crippen LogP contribution >= 0.6 is 0 Å². The highest BCUT2D eigenvalue weighted by Gasteiger charge is 2.37. The molecule has 1 atom stereocenters. The second kappa shape index (κ2) is 10.3. The Hall–Kier alpha value is -4.49. The Labute approximate surface area is 225 Å². The molecular formula is C29H31FN6O3. The second-order valence-corrected chi connectivity index (χ2v) is 10.5. The van der Waals surface area contributed by atoms with Gasteiger partial charge in [-0.15, -0.1) is 6.42 Å². The van der Waals surface area contributed by atoms with Gasteiger partial charge >= 0.3 is 0 Å². The molecule has 1 unspecified atom stereocenters. The first-order valence-corrected chi connectivity index (χ1v) is 12.4. The lowest BCUT2D eigenvalue weighted by Crippen LogP contribution is -2.25. The highest BCUT2D eigenvalue weighted by atomic mass is 19.1. The standard InChI is InChI=1S/C29H31FN6O3/c1-8-18(12-20-15(2)14-29(5,6)26(20)37)27(38)32-25-17(4)19(9-10-21(25)30)22-13-23(28(39)34-33-22)31-24-11-16(3)36(7)35-24/h1,9-13,26,37H,14H2,2-7H3,(H,32,38)(H,34,39)(H,31,33,35)/b18-12+. The summed E-state index contributed by atoms with van der Waals surface area (Å²) in [6, 6.07) is 6.03. The summed E-state index contributed by atoms with van der Waals surface area (Å²) < 4.78 is 16.6. The third-order valence-corrected chi connectivity index (χ3v) is 7.06. The number of terminal acetylenes is 1. The molecule has 2 heterocycles. The number of aryl methyl sites for hydroxylation is 2. The van der Waals surface area contributed by atoms with E-state index in [0.29, 0.717) is 34.6 Å². The number of hydrogen-bond acceptors (Lipinski definition) is 6. The molecule has 0 radical (unpaired) electrons. The van der Waals surface area contributed by atoms with Crippen molar-refractivity contribution in [1.29, 1.82) is 0 Å². The molecule has 2 aromatic heterocycles. The van der Waals surface area contributed by atoms with E-state index in [2.05, 4.69) is 31.9 Å². The summed E-state index contributed by atoms with van der Waals surface area (Å²) in [6.07, 6.45) is 7.01. The summed E-state index contributed by atoms with van der Waals surface area (Å²) >= 11 is 0. The highest BCUT2D eigenvalue weighted by molar-refractivity contribution is 6.08. The lowest BCUT2D eigenvalue weighted by Gasteiger charge is -2.23. The topological polar surface area (TPSA) is 125 Å². The SMILES string of the molecule is C#C/C(=C\C1=C(C)CC(C)(C)C1O)C(=O)Nc1c(F)ccc(-c2cc(Nc3cc(C)n(C)n3)c(=O)[nH]n2)c1C. The molecule has 39 heavy (non-hydrogen) atoms. The molecule has 3 aromatic rings. The average molecular weight is 531 g/mol. The van der Waals surface area contributed by atoms with Gasteiger partial charge in [-0.05, 0) is 68.0 Å². The van der Waals surface area contributed by atoms with Crippen LogP contribution in [0.15, 0.2) is 51.9 Å². The van der Waals surface area contributed by atoms with Crippen LogP contribution in [0.1, 0.15) is 38.4 Å². The Kier molecular flexibility index (Phi) is 7.31. The molecule has 0 saturated carbocycles. The van der Waals surface area contributed by atoms with Gasteiger partial charge in [-0.2, -0.15) is 10.2 Å². The van der Waals surface area contributed by atoms with Gasteiger partial charge in [0.05, 0.1) is 23.1 Å². The number of nitrogens with one attached hydrogen (secondary N) is 3. The van der Waals surface area contributed by atoms with Crippen LogP contribution in [0.5, 0.6) is 0 Å². The van der Waals surface area contributed by atoms with Crippen LogP contribution in [0, 0.1) is 37.4 Å². The number of hydrogen-bond donors (Lipinski definition) is 4. The lowest BCUT2D eigenvalue weighted by atomic mass is 9.86. The molecule has 1 aliphatic carbocycles. The number of nitrogens with zero attached hydrogens (tertiary/aromatic N) is 3. The largest absolute Gasteiger partial charge is 0.388 e. The number of aliphatic hydroxyl groups is 1. The van der Waals surface area contributed by atoms with Gasteiger partial charge in [-0.25, -0.2) is 9.49 Å². The van der Waals surface area contributed by atoms with Gasteiger partial charge in [-0.3, -0.25) is 14.3 Å². The molecule has 1 aliphatic rings. The van der Waals surface area contributed by atoms with E-state index in [9.17, 15) is 19.1 Å². The minimum absolute atomic E-state index is 0.0374. The number of aromatic nitrogens is 4. The number of amides is 1. The summed E-state index contributed by atoms with van der Waals surface area (Å²) in [5.74, 6) is 1.50. The first-order chi connectivity index (χ1) is 18.3. The predicted molar refractivity (Wildman–Crippen MR) is 149 cm³/mol. The zero-order chi connectivity index (χ0) is 28.6. The number of rotatable bonds is 6. The lowest BCUT2D eigenvalue weighted by molar-refractivity contribution is -0.112. The molecule has 10 heteroatoms. The molecule has 4 rings (SSSR count). The Balaban J connectivity index is 1.65. The van der Waals surface area contributed by atoms with Crippen LogP contribution in [0.25, 0.3) is 11.3 Å². The molecule has 0 bridgehead atoms. The minimum Gasteiger partial charge on any atom is -0.388 e. The minimum atomic E-state index is -0.778. The maximum absolute atomic E-state index is 14.9. The fourth-order valence-electron chi connectivity index (χ4n) is 4.75. The highest BCUT2D eigenvalue weighted by Crippen LogP contribution is 2.42. The van der Waals surface area contributed by atoms with Gasteiger partial charge in [0.2, 0.25) is 0 Å². The van der Waals surface area contributed by atoms with Gasteiger partial charge in [-0.1, -0.05) is 25.3 Å². The first kappa shape index (κ1) is 27.5. The number of anilines is 3. The molecule has 0 spiro atoms. The monoisotopic (exact) mass is 530 g/mol. The van der Waals surface area contributed by atoms with Crippen molar-refractivity contribution in [2.24, 2.45) is 12.5 Å². The van der Waals surface area contributed by atoms with Crippen LogP contribution in [0.3, 0.4) is 0 Å². The molecular weight excluding hydrogens is 499 g/mol. The van der Waals surface area contributed by atoms with Crippen molar-refractivity contribution in [2.45, 2.75) is 47.1 Å². The molecule has 1 aromatic carbocycles. The van der Waals surface area contributed by atoms with Crippen molar-refractivity contribution >= 4 is 23.1 Å². The number of carbonyl (C=O) groups is 1. The molecule has 4 N–H and O–H groups in total. The van der Waals surface area contributed by atoms with E-state index in [0.717, 1.165) is 11.3 Å². The zero-order valence-electron chi connectivity index (χ0n) is 22.7. The Morgan fingerprint density at radius 2 is 2.03 bits per heavy atom. The number of carbonyl (C=O) groups excluding carboxylic acids is 1. The predicted octanol–water partition coefficient (Wildman–Crippen LogP) is 4.28. The smallest absolute Gasteiger partial charge is 0.287 e. The summed E-state index contributed by atoms with van der Waals surface area (Å²) in [6.45, 7) is 9.27. The van der Waals surface area contributed by atoms with Crippen molar-refractivity contribution in [3.8, 4) is 23.6 Å². The first-order valence-electron chi connectivity index (χ1n) is 12.4. The molecule has 0 aliphatic heterocycles. The van der Waals surface area contributed by atoms with Crippen molar-refractivity contribution in [2.75, 3.05) is 10.6 Å². The number of allylic oxidation sites excluding steroid dienone is 1. The second-order valence-electron chi connectivity index (χ2n) is 10.5. The number of aromatic amines is 1. The van der Waals surface area contributed by atoms with Gasteiger partial charge < -0.3 is 15.7 Å². The van der Waals surface area contributed by atoms with E-state index < -0.39 is 23.4 Å². The summed E-state index contributed by atoms with van der Waals surface area (Å²) in [5, 5.41) is 27.1. The summed E-state index contributed by atoms with van der Waals surface area (Å²) in [7, 11) is 1.79. The van der Waals surface area contributed by atoms with Crippen LogP contribution < -0.4 is 16.2 Å². The van der Waals surface area contributed by atoms with Gasteiger partial charge in [0.1, 0.15) is 11.5 Å². The van der Waals surface area contributed by atoms with E-state index in [-0.39, 0.29) is 22.4 Å². The number of benzene rings is 1. The molecule has 1 amide bonds. The van der Waals surface area contributed by atoms with E-state index in [1.54, 1.807) is 24.7 Å². The maximum Gasteiger partial charge on any atom is 0.287 e. The number of H-pyrrole nitrogens is 1. The van der Waals surface area contributed by atoms with Gasteiger partial charge in [0.15, 0.2) is 5.82 Å². The van der Waals surface area contributed by atoms with Crippen molar-refractivity contribution < 1.29 is 14.3 Å². The fourth-order valence-corrected chi connectivity index (χ4v) is 4.75. The van der Waals surface area contributed by atoms with E-state index >= 15 is 0 Å². The third kappa shape index (κ3) is 5.40. The van der Waals surface area contributed by atoms with E-state index in [1.807, 2.05) is 27.7 Å². The third-order valence-electron chi connectivity index (χ3n) is 7.06. The van der Waals surface area contributed by atoms with Crippen molar-refractivity contribution in [3.63, 3.8) is 0 Å².